The van der Waals surface area contributed by atoms with Crippen molar-refractivity contribution in [1.29, 1.82) is 0 Å². The summed E-state index contributed by atoms with van der Waals surface area (Å²) in [5.41, 5.74) is -0.0591. The number of carbonyl (C=O) groups is 1. The number of thiophene rings is 1. The molecule has 0 aromatic carbocycles. The summed E-state index contributed by atoms with van der Waals surface area (Å²) in [4.78, 5) is 18.4. The minimum atomic E-state index is -0.0591. The standard InChI is InChI=1S/C17H26N2O3S/c1-13-4-5-15(23-13)9-19-11-17(12-19)8-14(6-7-22-17)21-10-16(20)18(2)3/h4-5,14H,6-12H2,1-3H3. The lowest BCUT2D eigenvalue weighted by Crippen LogP contribution is -2.65. The Balaban J connectivity index is 1.45. The molecule has 1 amide bonds. The second-order valence-electron chi connectivity index (χ2n) is 6.90. The zero-order valence-corrected chi connectivity index (χ0v) is 15.0. The first-order chi connectivity index (χ1) is 11.0. The summed E-state index contributed by atoms with van der Waals surface area (Å²) in [6.07, 6.45) is 1.92. The Bertz CT molecular complexity index is 552. The molecule has 1 spiro atoms. The number of hydrogen-bond donors (Lipinski definition) is 0. The van der Waals surface area contributed by atoms with Crippen LogP contribution >= 0.6 is 11.3 Å². The Morgan fingerprint density at radius 1 is 1.48 bits per heavy atom. The lowest BCUT2D eigenvalue weighted by molar-refractivity contribution is -0.199. The van der Waals surface area contributed by atoms with Gasteiger partial charge in [-0.25, -0.2) is 0 Å². The van der Waals surface area contributed by atoms with E-state index in [1.165, 1.54) is 9.75 Å². The molecule has 0 bridgehead atoms. The summed E-state index contributed by atoms with van der Waals surface area (Å²) in [5.74, 6) is 0.0221. The highest BCUT2D eigenvalue weighted by Crippen LogP contribution is 2.36. The molecule has 128 valence electrons. The summed E-state index contributed by atoms with van der Waals surface area (Å²) in [6.45, 7) is 5.98. The van der Waals surface area contributed by atoms with Crippen LogP contribution in [0.3, 0.4) is 0 Å². The van der Waals surface area contributed by atoms with Crippen LogP contribution in [0.1, 0.15) is 22.6 Å². The van der Waals surface area contributed by atoms with Gasteiger partial charge in [-0.15, -0.1) is 11.3 Å². The fourth-order valence-electron chi connectivity index (χ4n) is 3.33. The van der Waals surface area contributed by atoms with Gasteiger partial charge in [-0.05, 0) is 25.5 Å². The Labute approximate surface area is 142 Å². The maximum atomic E-state index is 11.7. The summed E-state index contributed by atoms with van der Waals surface area (Å²) in [5, 5.41) is 0. The maximum absolute atomic E-state index is 11.7. The van der Waals surface area contributed by atoms with E-state index in [1.807, 2.05) is 11.3 Å². The highest BCUT2D eigenvalue weighted by molar-refractivity contribution is 7.11. The number of rotatable bonds is 5. The molecule has 1 atom stereocenters. The number of aryl methyl sites for hydroxylation is 1. The Hall–Kier alpha value is -0.950. The lowest BCUT2D eigenvalue weighted by atomic mass is 9.84. The van der Waals surface area contributed by atoms with Gasteiger partial charge in [-0.3, -0.25) is 9.69 Å². The maximum Gasteiger partial charge on any atom is 0.248 e. The largest absolute Gasteiger partial charge is 0.372 e. The van der Waals surface area contributed by atoms with Crippen molar-refractivity contribution in [3.63, 3.8) is 0 Å². The molecule has 6 heteroatoms. The molecular weight excluding hydrogens is 312 g/mol. The van der Waals surface area contributed by atoms with Crippen LogP contribution < -0.4 is 0 Å². The molecule has 2 aliphatic rings. The van der Waals surface area contributed by atoms with Crippen molar-refractivity contribution in [2.24, 2.45) is 0 Å². The van der Waals surface area contributed by atoms with E-state index in [-0.39, 0.29) is 24.2 Å². The number of ether oxygens (including phenoxy) is 2. The number of nitrogens with zero attached hydrogens (tertiary/aromatic N) is 2. The van der Waals surface area contributed by atoms with Gasteiger partial charge in [0.2, 0.25) is 5.91 Å². The average Bonchev–Trinajstić information content (AvgIpc) is 2.88. The molecule has 2 saturated heterocycles. The quantitative estimate of drug-likeness (QED) is 0.822. The minimum absolute atomic E-state index is 0.0221. The molecule has 23 heavy (non-hydrogen) atoms. The molecule has 0 saturated carbocycles. The van der Waals surface area contributed by atoms with Crippen LogP contribution in [0.2, 0.25) is 0 Å². The van der Waals surface area contributed by atoms with Crippen molar-refractivity contribution in [2.45, 2.75) is 38.0 Å². The predicted octanol–water partition coefficient (Wildman–Crippen LogP) is 1.89. The second-order valence-corrected chi connectivity index (χ2v) is 8.28. The lowest BCUT2D eigenvalue weighted by Gasteiger charge is -2.53. The molecule has 2 fully saturated rings. The summed E-state index contributed by atoms with van der Waals surface area (Å²) in [7, 11) is 3.51. The normalized spacial score (nSPS) is 23.7. The van der Waals surface area contributed by atoms with E-state index in [1.54, 1.807) is 19.0 Å². The number of hydrogen-bond acceptors (Lipinski definition) is 5. The van der Waals surface area contributed by atoms with Crippen LogP contribution in [0.25, 0.3) is 0 Å². The van der Waals surface area contributed by atoms with Crippen LogP contribution in [0.5, 0.6) is 0 Å². The number of likely N-dealkylation sites (tertiary alicyclic amines) is 1. The monoisotopic (exact) mass is 338 g/mol. The fourth-order valence-corrected chi connectivity index (χ4v) is 4.27. The topological polar surface area (TPSA) is 42.0 Å². The summed E-state index contributed by atoms with van der Waals surface area (Å²) < 4.78 is 11.9. The molecule has 5 nitrogen and oxygen atoms in total. The zero-order valence-electron chi connectivity index (χ0n) is 14.2. The highest BCUT2D eigenvalue weighted by Gasteiger charge is 2.47. The van der Waals surface area contributed by atoms with Crippen molar-refractivity contribution in [3.05, 3.63) is 21.9 Å². The van der Waals surface area contributed by atoms with Crippen LogP contribution in [-0.2, 0) is 20.8 Å². The molecular formula is C17H26N2O3S. The van der Waals surface area contributed by atoms with E-state index in [2.05, 4.69) is 24.0 Å². The third-order valence-electron chi connectivity index (χ3n) is 4.59. The highest BCUT2D eigenvalue weighted by atomic mass is 32.1. The molecule has 1 unspecified atom stereocenters. The second kappa shape index (κ2) is 6.89. The number of carbonyl (C=O) groups excluding carboxylic acids is 1. The minimum Gasteiger partial charge on any atom is -0.372 e. The van der Waals surface area contributed by atoms with Crippen LogP contribution in [0, 0.1) is 6.92 Å². The molecule has 0 N–H and O–H groups in total. The molecule has 0 aliphatic carbocycles. The van der Waals surface area contributed by atoms with Gasteiger partial charge in [0.25, 0.3) is 0 Å². The van der Waals surface area contributed by atoms with Gasteiger partial charge in [0.15, 0.2) is 0 Å². The van der Waals surface area contributed by atoms with E-state index in [0.717, 1.165) is 39.1 Å². The van der Waals surface area contributed by atoms with Gasteiger partial charge in [-0.2, -0.15) is 0 Å². The van der Waals surface area contributed by atoms with Gasteiger partial charge < -0.3 is 14.4 Å². The Morgan fingerprint density at radius 2 is 2.26 bits per heavy atom. The Kier molecular flexibility index (Phi) is 5.06. The number of amides is 1. The van der Waals surface area contributed by atoms with Crippen molar-refractivity contribution in [3.8, 4) is 0 Å². The Morgan fingerprint density at radius 3 is 2.91 bits per heavy atom. The molecule has 1 aromatic heterocycles. The van der Waals surface area contributed by atoms with E-state index in [0.29, 0.717) is 0 Å². The van der Waals surface area contributed by atoms with Crippen LogP contribution in [0.15, 0.2) is 12.1 Å². The average molecular weight is 338 g/mol. The van der Waals surface area contributed by atoms with Crippen LogP contribution in [-0.4, -0.2) is 67.8 Å². The SMILES string of the molecule is Cc1ccc(CN2CC3(CC(OCC(=O)N(C)C)CCO3)C2)s1. The van der Waals surface area contributed by atoms with Crippen molar-refractivity contribution < 1.29 is 14.3 Å². The van der Waals surface area contributed by atoms with E-state index in [9.17, 15) is 4.79 Å². The third-order valence-corrected chi connectivity index (χ3v) is 5.57. The molecule has 1 aromatic rings. The number of likely N-dealkylation sites (N-methyl/N-ethyl adjacent to an activating group) is 1. The first-order valence-corrected chi connectivity index (χ1v) is 9.01. The third kappa shape index (κ3) is 4.12. The molecule has 2 aliphatic heterocycles. The van der Waals surface area contributed by atoms with Crippen molar-refractivity contribution in [2.75, 3.05) is 40.4 Å². The first kappa shape index (κ1) is 16.9. The molecule has 3 heterocycles. The van der Waals surface area contributed by atoms with Crippen LogP contribution in [0.4, 0.5) is 0 Å². The van der Waals surface area contributed by atoms with Gasteiger partial charge >= 0.3 is 0 Å². The summed E-state index contributed by atoms with van der Waals surface area (Å²) >= 11 is 1.87. The van der Waals surface area contributed by atoms with Gasteiger partial charge in [-0.1, -0.05) is 0 Å². The van der Waals surface area contributed by atoms with E-state index in [4.69, 9.17) is 9.47 Å². The van der Waals surface area contributed by atoms with Gasteiger partial charge in [0.05, 0.1) is 11.7 Å². The zero-order chi connectivity index (χ0) is 16.4. The van der Waals surface area contributed by atoms with Crippen molar-refractivity contribution >= 4 is 17.2 Å². The van der Waals surface area contributed by atoms with Gasteiger partial charge in [0.1, 0.15) is 6.61 Å². The van der Waals surface area contributed by atoms with E-state index >= 15 is 0 Å². The first-order valence-electron chi connectivity index (χ1n) is 8.19. The van der Waals surface area contributed by atoms with E-state index < -0.39 is 0 Å². The predicted molar refractivity (Wildman–Crippen MR) is 90.7 cm³/mol. The van der Waals surface area contributed by atoms with Crippen molar-refractivity contribution in [1.82, 2.24) is 9.80 Å². The fraction of sp³-hybridized carbons (Fsp3) is 0.706. The molecule has 0 radical (unpaired) electrons. The smallest absolute Gasteiger partial charge is 0.248 e. The molecule has 3 rings (SSSR count). The van der Waals surface area contributed by atoms with Gasteiger partial charge in [0, 0.05) is 56.5 Å². The summed E-state index contributed by atoms with van der Waals surface area (Å²) in [6, 6.07) is 4.39.